The smallest absolute Gasteiger partial charge is 0.0700 e. The van der Waals surface area contributed by atoms with Crippen molar-refractivity contribution in [3.8, 4) is 0 Å². The Morgan fingerprint density at radius 3 is 2.60 bits per heavy atom. The Morgan fingerprint density at radius 2 is 1.93 bits per heavy atom. The molecule has 0 spiro atoms. The predicted octanol–water partition coefficient (Wildman–Crippen LogP) is 1.95. The van der Waals surface area contributed by atoms with Crippen molar-refractivity contribution >= 4 is 0 Å². The molecular formula is C12H25NO2. The second kappa shape index (κ2) is 8.08. The van der Waals surface area contributed by atoms with Gasteiger partial charge in [0.15, 0.2) is 0 Å². The van der Waals surface area contributed by atoms with Crippen molar-refractivity contribution in [2.24, 2.45) is 11.7 Å². The van der Waals surface area contributed by atoms with E-state index in [4.69, 9.17) is 15.2 Å². The van der Waals surface area contributed by atoms with Gasteiger partial charge >= 0.3 is 0 Å². The summed E-state index contributed by atoms with van der Waals surface area (Å²) in [7, 11) is 1.69. The van der Waals surface area contributed by atoms with Crippen LogP contribution in [0.15, 0.2) is 0 Å². The fourth-order valence-electron chi connectivity index (χ4n) is 2.27. The maximum absolute atomic E-state index is 6.06. The van der Waals surface area contributed by atoms with Crippen LogP contribution in [0.4, 0.5) is 0 Å². The van der Waals surface area contributed by atoms with Gasteiger partial charge < -0.3 is 15.2 Å². The normalized spacial score (nSPS) is 19.6. The molecule has 1 unspecified atom stereocenters. The molecule has 1 aliphatic carbocycles. The van der Waals surface area contributed by atoms with Crippen LogP contribution in [-0.4, -0.2) is 33.0 Å². The lowest BCUT2D eigenvalue weighted by molar-refractivity contribution is 0.0663. The fraction of sp³-hybridized carbons (Fsp3) is 1.00. The van der Waals surface area contributed by atoms with Crippen molar-refractivity contribution in [3.05, 3.63) is 0 Å². The lowest BCUT2D eigenvalue weighted by Crippen LogP contribution is -2.24. The molecule has 1 aliphatic rings. The van der Waals surface area contributed by atoms with Gasteiger partial charge in [-0.15, -0.1) is 0 Å². The van der Waals surface area contributed by atoms with Gasteiger partial charge in [0.05, 0.1) is 13.2 Å². The van der Waals surface area contributed by atoms with E-state index in [0.717, 1.165) is 18.9 Å². The Morgan fingerprint density at radius 1 is 1.20 bits per heavy atom. The summed E-state index contributed by atoms with van der Waals surface area (Å²) in [6.07, 6.45) is 7.76. The zero-order chi connectivity index (χ0) is 10.9. The number of ether oxygens (including phenoxy) is 2. The third-order valence-electron chi connectivity index (χ3n) is 3.18. The van der Waals surface area contributed by atoms with Gasteiger partial charge in [0.1, 0.15) is 0 Å². The van der Waals surface area contributed by atoms with Crippen LogP contribution in [0.2, 0.25) is 0 Å². The Kier molecular flexibility index (Phi) is 6.98. The molecule has 0 saturated heterocycles. The van der Waals surface area contributed by atoms with Gasteiger partial charge in [-0.2, -0.15) is 0 Å². The van der Waals surface area contributed by atoms with Crippen LogP contribution >= 0.6 is 0 Å². The first-order valence-electron chi connectivity index (χ1n) is 6.15. The number of rotatable bonds is 8. The summed E-state index contributed by atoms with van der Waals surface area (Å²) >= 11 is 0. The van der Waals surface area contributed by atoms with E-state index in [0.29, 0.717) is 19.3 Å². The number of hydrogen-bond donors (Lipinski definition) is 1. The fourth-order valence-corrected chi connectivity index (χ4v) is 2.27. The Balaban J connectivity index is 1.91. The molecule has 0 heterocycles. The molecule has 0 bridgehead atoms. The maximum atomic E-state index is 6.06. The van der Waals surface area contributed by atoms with Crippen LogP contribution in [0, 0.1) is 5.92 Å². The molecule has 15 heavy (non-hydrogen) atoms. The molecule has 1 rings (SSSR count). The van der Waals surface area contributed by atoms with E-state index >= 15 is 0 Å². The summed E-state index contributed by atoms with van der Waals surface area (Å²) in [5, 5.41) is 0. The highest BCUT2D eigenvalue weighted by atomic mass is 16.5. The third kappa shape index (κ3) is 6.13. The molecule has 1 saturated carbocycles. The van der Waals surface area contributed by atoms with Gasteiger partial charge in [-0.3, -0.25) is 0 Å². The minimum absolute atomic E-state index is 0.329. The van der Waals surface area contributed by atoms with E-state index in [1.54, 1.807) is 7.11 Å². The molecule has 0 aromatic carbocycles. The summed E-state index contributed by atoms with van der Waals surface area (Å²) in [5.41, 5.74) is 6.06. The quantitative estimate of drug-likeness (QED) is 0.629. The summed E-state index contributed by atoms with van der Waals surface area (Å²) < 4.78 is 10.3. The highest BCUT2D eigenvalue weighted by Gasteiger charge is 2.17. The molecule has 3 nitrogen and oxygen atoms in total. The second-order valence-corrected chi connectivity index (χ2v) is 4.54. The summed E-state index contributed by atoms with van der Waals surface area (Å²) in [6.45, 7) is 2.14. The lowest BCUT2D eigenvalue weighted by Gasteiger charge is -2.16. The van der Waals surface area contributed by atoms with Gasteiger partial charge in [0.2, 0.25) is 0 Å². The molecule has 0 aromatic rings. The summed E-state index contributed by atoms with van der Waals surface area (Å²) in [5.74, 6) is 0.888. The minimum atomic E-state index is 0.329. The van der Waals surface area contributed by atoms with E-state index in [2.05, 4.69) is 0 Å². The van der Waals surface area contributed by atoms with Gasteiger partial charge in [0, 0.05) is 19.8 Å². The zero-order valence-corrected chi connectivity index (χ0v) is 9.91. The number of nitrogens with two attached hydrogens (primary N) is 1. The average Bonchev–Trinajstić information content (AvgIpc) is 2.70. The Labute approximate surface area is 93.3 Å². The minimum Gasteiger partial charge on any atom is -0.382 e. The first-order chi connectivity index (χ1) is 7.33. The first-order valence-corrected chi connectivity index (χ1v) is 6.15. The molecule has 1 atom stereocenters. The highest BCUT2D eigenvalue weighted by molar-refractivity contribution is 4.73. The van der Waals surface area contributed by atoms with Crippen LogP contribution in [0.25, 0.3) is 0 Å². The number of methoxy groups -OCH3 is 1. The molecule has 0 amide bonds. The first kappa shape index (κ1) is 12.9. The predicted molar refractivity (Wildman–Crippen MR) is 61.9 cm³/mol. The number of hydrogen-bond acceptors (Lipinski definition) is 3. The van der Waals surface area contributed by atoms with Crippen molar-refractivity contribution in [2.45, 2.75) is 44.6 Å². The van der Waals surface area contributed by atoms with Crippen molar-refractivity contribution in [1.29, 1.82) is 0 Å². The van der Waals surface area contributed by atoms with Gasteiger partial charge in [-0.05, 0) is 18.8 Å². The molecule has 90 valence electrons. The van der Waals surface area contributed by atoms with Crippen LogP contribution in [0.3, 0.4) is 0 Å². The van der Waals surface area contributed by atoms with Crippen LogP contribution in [0.5, 0.6) is 0 Å². The van der Waals surface area contributed by atoms with E-state index < -0.39 is 0 Å². The van der Waals surface area contributed by atoms with Crippen LogP contribution < -0.4 is 5.73 Å². The molecular weight excluding hydrogens is 190 g/mol. The highest BCUT2D eigenvalue weighted by Crippen LogP contribution is 2.28. The van der Waals surface area contributed by atoms with Crippen molar-refractivity contribution in [3.63, 3.8) is 0 Å². The molecule has 1 fully saturated rings. The van der Waals surface area contributed by atoms with Crippen LogP contribution in [0.1, 0.15) is 38.5 Å². The van der Waals surface area contributed by atoms with Gasteiger partial charge in [-0.25, -0.2) is 0 Å². The van der Waals surface area contributed by atoms with E-state index in [1.165, 1.54) is 32.1 Å². The van der Waals surface area contributed by atoms with Crippen LogP contribution in [-0.2, 0) is 9.47 Å². The summed E-state index contributed by atoms with van der Waals surface area (Å²) in [4.78, 5) is 0. The standard InChI is InChI=1S/C12H25NO2/c1-14-8-9-15-7-6-12(13)10-11-4-2-3-5-11/h11-12H,2-10,13H2,1H3. The zero-order valence-electron chi connectivity index (χ0n) is 9.91. The average molecular weight is 215 g/mol. The van der Waals surface area contributed by atoms with E-state index in [1.807, 2.05) is 0 Å². The second-order valence-electron chi connectivity index (χ2n) is 4.54. The molecule has 0 aromatic heterocycles. The maximum Gasteiger partial charge on any atom is 0.0700 e. The Bertz CT molecular complexity index is 147. The lowest BCUT2D eigenvalue weighted by atomic mass is 9.97. The van der Waals surface area contributed by atoms with Crippen molar-refractivity contribution in [1.82, 2.24) is 0 Å². The van der Waals surface area contributed by atoms with E-state index in [9.17, 15) is 0 Å². The molecule has 0 aliphatic heterocycles. The molecule has 0 radical (unpaired) electrons. The van der Waals surface area contributed by atoms with E-state index in [-0.39, 0.29) is 0 Å². The Hall–Kier alpha value is -0.120. The SMILES string of the molecule is COCCOCCC(N)CC1CCCC1. The monoisotopic (exact) mass is 215 g/mol. The van der Waals surface area contributed by atoms with Gasteiger partial charge in [-0.1, -0.05) is 25.7 Å². The van der Waals surface area contributed by atoms with Crippen molar-refractivity contribution in [2.75, 3.05) is 26.9 Å². The largest absolute Gasteiger partial charge is 0.382 e. The molecule has 2 N–H and O–H groups in total. The third-order valence-corrected chi connectivity index (χ3v) is 3.18. The topological polar surface area (TPSA) is 44.5 Å². The van der Waals surface area contributed by atoms with Crippen molar-refractivity contribution < 1.29 is 9.47 Å². The van der Waals surface area contributed by atoms with Gasteiger partial charge in [0.25, 0.3) is 0 Å². The molecule has 3 heteroatoms. The summed E-state index contributed by atoms with van der Waals surface area (Å²) in [6, 6.07) is 0.329.